The van der Waals surface area contributed by atoms with E-state index >= 15 is 0 Å². The molecule has 2 aliphatic heterocycles. The van der Waals surface area contributed by atoms with Gasteiger partial charge < -0.3 is 24.8 Å². The highest BCUT2D eigenvalue weighted by atomic mass is 32.1. The molecule has 7 heteroatoms. The number of hydrogen-bond acceptors (Lipinski definition) is 5. The minimum absolute atomic E-state index is 0.00991. The average Bonchev–Trinajstić information content (AvgIpc) is 3.10. The minimum atomic E-state index is -0.0601. The third-order valence-electron chi connectivity index (χ3n) is 3.88. The van der Waals surface area contributed by atoms with Crippen LogP contribution in [-0.4, -0.2) is 49.8 Å². The highest BCUT2D eigenvalue weighted by Crippen LogP contribution is 2.28. The van der Waals surface area contributed by atoms with Gasteiger partial charge in [-0.2, -0.15) is 5.26 Å². The Bertz CT molecular complexity index is 604. The van der Waals surface area contributed by atoms with Crippen LogP contribution in [0.1, 0.15) is 5.56 Å². The molecular formula is C15H17N3O3S. The standard InChI is InChI=1S/C15H17N3O3S/c1-19-12-8-21-13-11(7-20-14(12)13)18-15(22)17-10-4-2-3-9(5-10)6-16/h2-5,11-14H,7-8H2,1H3,(H2,17,18,22). The van der Waals surface area contributed by atoms with Crippen molar-refractivity contribution in [2.75, 3.05) is 25.6 Å². The molecule has 0 radical (unpaired) electrons. The predicted molar refractivity (Wildman–Crippen MR) is 84.6 cm³/mol. The molecule has 0 saturated carbocycles. The van der Waals surface area contributed by atoms with Crippen LogP contribution in [0.5, 0.6) is 0 Å². The van der Waals surface area contributed by atoms with E-state index in [1.54, 1.807) is 19.2 Å². The van der Waals surface area contributed by atoms with Crippen molar-refractivity contribution >= 4 is 23.0 Å². The monoisotopic (exact) mass is 319 g/mol. The van der Waals surface area contributed by atoms with Crippen LogP contribution in [-0.2, 0) is 14.2 Å². The number of hydrogen-bond donors (Lipinski definition) is 2. The molecule has 0 aromatic heterocycles. The van der Waals surface area contributed by atoms with Crippen molar-refractivity contribution in [1.29, 1.82) is 5.26 Å². The molecule has 22 heavy (non-hydrogen) atoms. The van der Waals surface area contributed by atoms with Gasteiger partial charge >= 0.3 is 0 Å². The van der Waals surface area contributed by atoms with Crippen LogP contribution in [0.4, 0.5) is 5.69 Å². The second kappa shape index (κ2) is 6.58. The molecule has 2 heterocycles. The van der Waals surface area contributed by atoms with Crippen molar-refractivity contribution in [3.63, 3.8) is 0 Å². The summed E-state index contributed by atoms with van der Waals surface area (Å²) in [4.78, 5) is 0. The maximum Gasteiger partial charge on any atom is 0.171 e. The van der Waals surface area contributed by atoms with E-state index in [-0.39, 0.29) is 24.4 Å². The molecule has 0 bridgehead atoms. The van der Waals surface area contributed by atoms with Crippen LogP contribution in [0.3, 0.4) is 0 Å². The number of benzene rings is 1. The van der Waals surface area contributed by atoms with E-state index in [4.69, 9.17) is 31.7 Å². The lowest BCUT2D eigenvalue weighted by Crippen LogP contribution is -2.45. The molecular weight excluding hydrogens is 302 g/mol. The van der Waals surface area contributed by atoms with Crippen LogP contribution in [0.2, 0.25) is 0 Å². The van der Waals surface area contributed by atoms with Gasteiger partial charge in [0.15, 0.2) is 5.11 Å². The first-order valence-electron chi connectivity index (χ1n) is 7.05. The normalized spacial score (nSPS) is 29.6. The van der Waals surface area contributed by atoms with Crippen LogP contribution < -0.4 is 10.6 Å². The lowest BCUT2D eigenvalue weighted by molar-refractivity contribution is -0.00798. The summed E-state index contributed by atoms with van der Waals surface area (Å²) in [6.45, 7) is 1.06. The molecule has 2 saturated heterocycles. The average molecular weight is 319 g/mol. The Morgan fingerprint density at radius 3 is 2.95 bits per heavy atom. The zero-order valence-corrected chi connectivity index (χ0v) is 12.9. The molecule has 4 unspecified atom stereocenters. The highest BCUT2D eigenvalue weighted by Gasteiger charge is 2.48. The number of fused-ring (bicyclic) bond motifs is 1. The third-order valence-corrected chi connectivity index (χ3v) is 4.10. The van der Waals surface area contributed by atoms with Crippen molar-refractivity contribution in [2.24, 2.45) is 0 Å². The number of ether oxygens (including phenoxy) is 3. The molecule has 4 atom stereocenters. The number of rotatable bonds is 3. The van der Waals surface area contributed by atoms with E-state index in [9.17, 15) is 0 Å². The summed E-state index contributed by atoms with van der Waals surface area (Å²) in [7, 11) is 1.66. The zero-order valence-electron chi connectivity index (χ0n) is 12.1. The molecule has 2 N–H and O–H groups in total. The molecule has 0 amide bonds. The SMILES string of the molecule is COC1COC2C(NC(=S)Nc3cccc(C#N)c3)COC12. The van der Waals surface area contributed by atoms with Gasteiger partial charge in [0.2, 0.25) is 0 Å². The fraction of sp³-hybridized carbons (Fsp3) is 0.467. The summed E-state index contributed by atoms with van der Waals surface area (Å²) < 4.78 is 16.8. The first-order valence-corrected chi connectivity index (χ1v) is 7.46. The van der Waals surface area contributed by atoms with Gasteiger partial charge in [-0.05, 0) is 30.4 Å². The van der Waals surface area contributed by atoms with E-state index in [2.05, 4.69) is 16.7 Å². The number of nitriles is 1. The first-order chi connectivity index (χ1) is 10.7. The molecule has 0 spiro atoms. The fourth-order valence-electron chi connectivity index (χ4n) is 2.79. The molecule has 3 rings (SSSR count). The molecule has 0 aliphatic carbocycles. The smallest absolute Gasteiger partial charge is 0.171 e. The zero-order chi connectivity index (χ0) is 15.5. The second-order valence-corrected chi connectivity index (χ2v) is 5.68. The number of methoxy groups -OCH3 is 1. The van der Waals surface area contributed by atoms with Crippen molar-refractivity contribution in [3.05, 3.63) is 29.8 Å². The van der Waals surface area contributed by atoms with Gasteiger partial charge in [0, 0.05) is 12.8 Å². The molecule has 1 aromatic rings. The van der Waals surface area contributed by atoms with Gasteiger partial charge in [-0.25, -0.2) is 0 Å². The topological polar surface area (TPSA) is 75.5 Å². The molecule has 2 aliphatic rings. The maximum absolute atomic E-state index is 8.91. The Labute approximate surface area is 134 Å². The van der Waals surface area contributed by atoms with Gasteiger partial charge in [-0.3, -0.25) is 0 Å². The number of nitrogens with one attached hydrogen (secondary N) is 2. The quantitative estimate of drug-likeness (QED) is 0.806. The van der Waals surface area contributed by atoms with E-state index in [0.29, 0.717) is 23.9 Å². The van der Waals surface area contributed by atoms with Crippen LogP contribution in [0, 0.1) is 11.3 Å². The Morgan fingerprint density at radius 1 is 1.36 bits per heavy atom. The largest absolute Gasteiger partial charge is 0.376 e. The Kier molecular flexibility index (Phi) is 4.55. The summed E-state index contributed by atoms with van der Waals surface area (Å²) >= 11 is 5.32. The van der Waals surface area contributed by atoms with E-state index in [1.807, 2.05) is 12.1 Å². The van der Waals surface area contributed by atoms with E-state index < -0.39 is 0 Å². The van der Waals surface area contributed by atoms with Crippen molar-refractivity contribution in [2.45, 2.75) is 24.4 Å². The maximum atomic E-state index is 8.91. The second-order valence-electron chi connectivity index (χ2n) is 5.27. The lowest BCUT2D eigenvalue weighted by atomic mass is 10.1. The molecule has 2 fully saturated rings. The fourth-order valence-corrected chi connectivity index (χ4v) is 3.06. The molecule has 116 valence electrons. The Balaban J connectivity index is 1.57. The van der Waals surface area contributed by atoms with Gasteiger partial charge in [-0.15, -0.1) is 0 Å². The van der Waals surface area contributed by atoms with E-state index in [0.717, 1.165) is 5.69 Å². The van der Waals surface area contributed by atoms with Crippen molar-refractivity contribution in [3.8, 4) is 6.07 Å². The van der Waals surface area contributed by atoms with Crippen LogP contribution in [0.15, 0.2) is 24.3 Å². The summed E-state index contributed by atoms with van der Waals surface area (Å²) in [5.74, 6) is 0. The molecule has 6 nitrogen and oxygen atoms in total. The summed E-state index contributed by atoms with van der Waals surface area (Å²) in [6.07, 6.45) is -0.131. The third kappa shape index (κ3) is 3.05. The minimum Gasteiger partial charge on any atom is -0.376 e. The van der Waals surface area contributed by atoms with Gasteiger partial charge in [0.25, 0.3) is 0 Å². The van der Waals surface area contributed by atoms with Crippen LogP contribution in [0.25, 0.3) is 0 Å². The van der Waals surface area contributed by atoms with Crippen molar-refractivity contribution < 1.29 is 14.2 Å². The number of anilines is 1. The predicted octanol–water partition coefficient (Wildman–Crippen LogP) is 1.03. The lowest BCUT2D eigenvalue weighted by Gasteiger charge is -2.19. The Hall–Kier alpha value is -1.72. The van der Waals surface area contributed by atoms with Gasteiger partial charge in [-0.1, -0.05) is 6.07 Å². The Morgan fingerprint density at radius 2 is 2.18 bits per heavy atom. The van der Waals surface area contributed by atoms with Gasteiger partial charge in [0.1, 0.15) is 18.3 Å². The molecule has 1 aromatic carbocycles. The van der Waals surface area contributed by atoms with Gasteiger partial charge in [0.05, 0.1) is 30.9 Å². The first kappa shape index (κ1) is 15.2. The van der Waals surface area contributed by atoms with E-state index in [1.165, 1.54) is 0 Å². The van der Waals surface area contributed by atoms with Crippen molar-refractivity contribution in [1.82, 2.24) is 5.32 Å². The number of thiocarbonyl (C=S) groups is 1. The number of nitrogens with zero attached hydrogens (tertiary/aromatic N) is 1. The summed E-state index contributed by atoms with van der Waals surface area (Å²) in [5.41, 5.74) is 1.35. The highest BCUT2D eigenvalue weighted by molar-refractivity contribution is 7.80. The summed E-state index contributed by atoms with van der Waals surface area (Å²) in [6, 6.07) is 9.24. The van der Waals surface area contributed by atoms with Crippen LogP contribution >= 0.6 is 12.2 Å². The summed E-state index contributed by atoms with van der Waals surface area (Å²) in [5, 5.41) is 15.7.